The van der Waals surface area contributed by atoms with E-state index in [2.05, 4.69) is 53.7 Å². The molecular formula is C35H45N3O5Si. The number of fused-ring (bicyclic) bond motifs is 5. The van der Waals surface area contributed by atoms with Gasteiger partial charge in [0.05, 0.1) is 12.2 Å². The Labute approximate surface area is 260 Å². The molecule has 2 aromatic carbocycles. The van der Waals surface area contributed by atoms with E-state index >= 15 is 0 Å². The summed E-state index contributed by atoms with van der Waals surface area (Å²) < 4.78 is 18.3. The van der Waals surface area contributed by atoms with Gasteiger partial charge in [-0.25, -0.2) is 23.5 Å². The Balaban J connectivity index is 1.54. The van der Waals surface area contributed by atoms with Crippen LogP contribution in [-0.2, 0) is 6.54 Å². The number of nitrogens with zero attached hydrogens (tertiary/aromatic N) is 3. The zero-order chi connectivity index (χ0) is 31.9. The minimum atomic E-state index is -2.24. The monoisotopic (exact) mass is 615 g/mol. The number of ketones is 1. The van der Waals surface area contributed by atoms with E-state index in [1.54, 1.807) is 28.9 Å². The topological polar surface area (TPSA) is 84.5 Å². The largest absolute Gasteiger partial charge is 0.542 e. The van der Waals surface area contributed by atoms with Crippen LogP contribution in [0, 0.1) is 0 Å². The van der Waals surface area contributed by atoms with Gasteiger partial charge in [0, 0.05) is 17.2 Å². The van der Waals surface area contributed by atoms with Gasteiger partial charge in [0.1, 0.15) is 23.1 Å². The minimum Gasteiger partial charge on any atom is -0.542 e. The van der Waals surface area contributed by atoms with Gasteiger partial charge < -0.3 is 9.16 Å². The van der Waals surface area contributed by atoms with Crippen LogP contribution in [0.5, 0.6) is 11.5 Å². The Morgan fingerprint density at radius 2 is 1.55 bits per heavy atom. The summed E-state index contributed by atoms with van der Waals surface area (Å²) in [5.74, 6) is 1.95. The third-order valence-corrected chi connectivity index (χ3v) is 16.1. The van der Waals surface area contributed by atoms with Crippen LogP contribution >= 0.6 is 0 Å². The summed E-state index contributed by atoms with van der Waals surface area (Å²) in [7, 11) is -2.24. The van der Waals surface area contributed by atoms with E-state index in [0.717, 1.165) is 29.7 Å². The van der Waals surface area contributed by atoms with E-state index in [-0.39, 0.29) is 12.3 Å². The van der Waals surface area contributed by atoms with E-state index in [4.69, 9.17) is 9.16 Å². The van der Waals surface area contributed by atoms with Gasteiger partial charge in [-0.1, -0.05) is 47.6 Å². The predicted molar refractivity (Wildman–Crippen MR) is 175 cm³/mol. The van der Waals surface area contributed by atoms with Crippen LogP contribution in [0.1, 0.15) is 109 Å². The summed E-state index contributed by atoms with van der Waals surface area (Å²) in [6, 6.07) is 10.4. The highest BCUT2D eigenvalue weighted by Gasteiger charge is 2.49. The van der Waals surface area contributed by atoms with Gasteiger partial charge in [0.2, 0.25) is 0 Å². The highest BCUT2D eigenvalue weighted by atomic mass is 28.4. The van der Waals surface area contributed by atoms with Crippen molar-refractivity contribution in [2.45, 2.75) is 116 Å². The minimum absolute atomic E-state index is 0.0726. The number of ether oxygens (including phenoxy) is 1. The van der Waals surface area contributed by atoms with Crippen molar-refractivity contribution >= 4 is 14.1 Å². The van der Waals surface area contributed by atoms with Crippen molar-refractivity contribution in [3.63, 3.8) is 0 Å². The van der Waals surface area contributed by atoms with E-state index in [1.807, 2.05) is 19.9 Å². The molecule has 0 saturated heterocycles. The summed E-state index contributed by atoms with van der Waals surface area (Å²) in [5.41, 5.74) is 3.74. The summed E-state index contributed by atoms with van der Waals surface area (Å²) in [5, 5.41) is 0. The lowest BCUT2D eigenvalue weighted by Gasteiger charge is -2.45. The second kappa shape index (κ2) is 10.5. The molecule has 3 aliphatic rings. The van der Waals surface area contributed by atoms with Crippen LogP contribution in [0.3, 0.4) is 0 Å². The number of carbonyl (C=O) groups is 1. The molecule has 8 nitrogen and oxygen atoms in total. The van der Waals surface area contributed by atoms with Crippen molar-refractivity contribution in [3.8, 4) is 17.2 Å². The molecule has 0 N–H and O–H groups in total. The molecule has 6 rings (SSSR count). The number of hydrogen-bond donors (Lipinski definition) is 0. The van der Waals surface area contributed by atoms with Crippen molar-refractivity contribution in [1.82, 2.24) is 13.9 Å². The third-order valence-electron chi connectivity index (χ3n) is 10.1. The van der Waals surface area contributed by atoms with Crippen LogP contribution < -0.4 is 20.5 Å². The van der Waals surface area contributed by atoms with Gasteiger partial charge in [-0.15, -0.1) is 0 Å². The Morgan fingerprint density at radius 3 is 2.09 bits per heavy atom. The second-order valence-corrected chi connectivity index (χ2v) is 19.6. The normalized spacial score (nSPS) is 18.9. The van der Waals surface area contributed by atoms with Crippen molar-refractivity contribution in [1.29, 1.82) is 0 Å². The standard InChI is InChI=1S/C35H45N3O5Si/c1-20(2)44(21(3)4,22(5)6)43-31-19-30-28(18-27(31)25-10-11-25)32-29(35(8,9)42-30)16-17-36-33(40)37(34(41)38(32)36)26-14-12-24(13-15-26)23(7)39/h12-16,18-22,25,32H,10-11,17H2,1-9H3. The first-order valence-electron chi connectivity index (χ1n) is 16.0. The number of hydrogen-bond acceptors (Lipinski definition) is 5. The molecule has 0 amide bonds. The lowest BCUT2D eigenvalue weighted by Crippen LogP contribution is -2.51. The Bertz CT molecular complexity index is 1760. The molecule has 3 aromatic rings. The number of allylic oxidation sites excluding steroid dienone is 1. The van der Waals surface area contributed by atoms with Gasteiger partial charge in [0.15, 0.2) is 5.78 Å². The van der Waals surface area contributed by atoms with Crippen molar-refractivity contribution in [2.24, 2.45) is 0 Å². The Hall–Kier alpha value is -3.59. The first-order chi connectivity index (χ1) is 20.7. The molecule has 3 heterocycles. The fourth-order valence-electron chi connectivity index (χ4n) is 7.86. The SMILES string of the molecule is CC(=O)c1ccc(-n2c(=O)n3n(c2=O)C2C(=CC3)C(C)(C)Oc3cc(O[Si](C(C)C)(C(C)C)C(C)C)c(C4CC4)cc32)cc1. The molecule has 1 saturated carbocycles. The van der Waals surface area contributed by atoms with E-state index in [0.29, 0.717) is 39.5 Å². The molecule has 234 valence electrons. The second-order valence-electron chi connectivity index (χ2n) is 14.2. The van der Waals surface area contributed by atoms with Crippen molar-refractivity contribution in [3.05, 3.63) is 85.7 Å². The summed E-state index contributed by atoms with van der Waals surface area (Å²) >= 11 is 0. The van der Waals surface area contributed by atoms with Crippen molar-refractivity contribution in [2.75, 3.05) is 0 Å². The van der Waals surface area contributed by atoms with Crippen LogP contribution in [0.25, 0.3) is 5.69 Å². The summed E-state index contributed by atoms with van der Waals surface area (Å²) in [6.45, 7) is 19.6. The van der Waals surface area contributed by atoms with Gasteiger partial charge in [-0.05, 0) is 97.6 Å². The zero-order valence-corrected chi connectivity index (χ0v) is 28.4. The number of carbonyl (C=O) groups excluding carboxylic acids is 1. The number of aromatic nitrogens is 3. The smallest absolute Gasteiger partial charge is 0.352 e. The highest BCUT2D eigenvalue weighted by molar-refractivity contribution is 6.78. The predicted octanol–water partition coefficient (Wildman–Crippen LogP) is 7.14. The molecule has 1 fully saturated rings. The van der Waals surface area contributed by atoms with Gasteiger partial charge >= 0.3 is 11.4 Å². The molecule has 44 heavy (non-hydrogen) atoms. The highest BCUT2D eigenvalue weighted by Crippen LogP contribution is 2.54. The van der Waals surface area contributed by atoms with Crippen LogP contribution in [0.15, 0.2) is 57.6 Å². The fourth-order valence-corrected chi connectivity index (χ4v) is 13.1. The van der Waals surface area contributed by atoms with E-state index in [1.165, 1.54) is 21.7 Å². The molecule has 1 aliphatic carbocycles. The fraction of sp³-hybridized carbons (Fsp3) is 0.514. The lowest BCUT2D eigenvalue weighted by atomic mass is 9.82. The average molecular weight is 616 g/mol. The van der Waals surface area contributed by atoms with Crippen LogP contribution in [0.4, 0.5) is 0 Å². The van der Waals surface area contributed by atoms with Crippen molar-refractivity contribution < 1.29 is 14.0 Å². The number of Topliss-reactive ketones (excluding diaryl/α,β-unsaturated/α-hetero) is 1. The van der Waals surface area contributed by atoms with Crippen LogP contribution in [0.2, 0.25) is 16.6 Å². The molecule has 2 aliphatic heterocycles. The number of rotatable bonds is 8. The average Bonchev–Trinajstić information content (AvgIpc) is 3.76. The maximum atomic E-state index is 14.2. The molecule has 1 unspecified atom stereocenters. The molecule has 0 bridgehead atoms. The Kier molecular flexibility index (Phi) is 7.26. The van der Waals surface area contributed by atoms with Gasteiger partial charge in [-0.3, -0.25) is 4.79 Å². The first-order valence-corrected chi connectivity index (χ1v) is 18.1. The first kappa shape index (κ1) is 30.4. The molecule has 0 radical (unpaired) electrons. The van der Waals surface area contributed by atoms with Gasteiger partial charge in [0.25, 0.3) is 8.32 Å². The van der Waals surface area contributed by atoms with E-state index < -0.39 is 31.3 Å². The molecular weight excluding hydrogens is 570 g/mol. The third kappa shape index (κ3) is 4.57. The van der Waals surface area contributed by atoms with Gasteiger partial charge in [-0.2, -0.15) is 0 Å². The lowest BCUT2D eigenvalue weighted by molar-refractivity contribution is 0.101. The summed E-state index contributed by atoms with van der Waals surface area (Å²) in [4.78, 5) is 39.8. The molecule has 9 heteroatoms. The zero-order valence-electron chi connectivity index (χ0n) is 27.4. The summed E-state index contributed by atoms with van der Waals surface area (Å²) in [6.07, 6.45) is 4.24. The maximum Gasteiger partial charge on any atom is 0.352 e. The molecule has 0 spiro atoms. The number of benzene rings is 2. The molecule has 1 aromatic heterocycles. The quantitative estimate of drug-likeness (QED) is 0.153. The van der Waals surface area contributed by atoms with Crippen LogP contribution in [-0.4, -0.2) is 33.6 Å². The Morgan fingerprint density at radius 1 is 0.932 bits per heavy atom. The van der Waals surface area contributed by atoms with E-state index in [9.17, 15) is 14.4 Å². The maximum absolute atomic E-state index is 14.2. The molecule has 1 atom stereocenters.